The van der Waals surface area contributed by atoms with E-state index in [4.69, 9.17) is 4.74 Å². The van der Waals surface area contributed by atoms with E-state index in [0.29, 0.717) is 32.4 Å². The van der Waals surface area contributed by atoms with Crippen molar-refractivity contribution in [1.82, 2.24) is 4.31 Å². The van der Waals surface area contributed by atoms with Crippen molar-refractivity contribution in [2.24, 2.45) is 5.92 Å². The number of sulfone groups is 1. The fourth-order valence-corrected chi connectivity index (χ4v) is 8.33. The lowest BCUT2D eigenvalue weighted by molar-refractivity contribution is 0.238. The Morgan fingerprint density at radius 3 is 2.19 bits per heavy atom. The van der Waals surface area contributed by atoms with Crippen LogP contribution in [-0.4, -0.2) is 45.3 Å². The summed E-state index contributed by atoms with van der Waals surface area (Å²) in [6.45, 7) is 2.82. The van der Waals surface area contributed by atoms with E-state index in [1.54, 1.807) is 4.31 Å². The second-order valence-electron chi connectivity index (χ2n) is 8.97. The summed E-state index contributed by atoms with van der Waals surface area (Å²) in [5.74, 6) is 1.46. The minimum atomic E-state index is -3.46. The van der Waals surface area contributed by atoms with Crippen LogP contribution in [0.5, 0.6) is 5.75 Å². The molecule has 2 aromatic carbocycles. The van der Waals surface area contributed by atoms with Crippen LogP contribution in [0.1, 0.15) is 49.0 Å². The summed E-state index contributed by atoms with van der Waals surface area (Å²) in [4.78, 5) is 0. The third-order valence-corrected chi connectivity index (χ3v) is 10.7. The Morgan fingerprint density at radius 1 is 0.875 bits per heavy atom. The Hall–Kier alpha value is -1.90. The van der Waals surface area contributed by atoms with Crippen molar-refractivity contribution in [1.29, 1.82) is 0 Å². The molecule has 2 aromatic rings. The summed E-state index contributed by atoms with van der Waals surface area (Å²) in [6.07, 6.45) is 2.76. The van der Waals surface area contributed by atoms with Gasteiger partial charge in [0.05, 0.1) is 18.1 Å². The number of rotatable bonds is 6. The highest BCUT2D eigenvalue weighted by Gasteiger charge is 2.40. The molecule has 32 heavy (non-hydrogen) atoms. The number of sulfonamides is 1. The van der Waals surface area contributed by atoms with Crippen molar-refractivity contribution < 1.29 is 21.6 Å². The van der Waals surface area contributed by atoms with Crippen LogP contribution in [0.25, 0.3) is 0 Å². The molecule has 174 valence electrons. The van der Waals surface area contributed by atoms with E-state index >= 15 is 0 Å². The molecule has 6 nitrogen and oxygen atoms in total. The third kappa shape index (κ3) is 5.35. The van der Waals surface area contributed by atoms with Crippen molar-refractivity contribution >= 4 is 19.9 Å². The van der Waals surface area contributed by atoms with Gasteiger partial charge in [0.1, 0.15) is 20.8 Å². The summed E-state index contributed by atoms with van der Waals surface area (Å²) in [7, 11) is -6.32. The summed E-state index contributed by atoms with van der Waals surface area (Å²) in [5, 5.41) is -0.498. The first-order valence-corrected chi connectivity index (χ1v) is 14.5. The van der Waals surface area contributed by atoms with Gasteiger partial charge in [0, 0.05) is 12.6 Å². The molecule has 2 atom stereocenters. The highest BCUT2D eigenvalue weighted by Crippen LogP contribution is 2.38. The quantitative estimate of drug-likeness (QED) is 0.629. The predicted octanol–water partition coefficient (Wildman–Crippen LogP) is 3.95. The van der Waals surface area contributed by atoms with Crippen molar-refractivity contribution in [2.75, 3.05) is 18.1 Å². The Morgan fingerprint density at radius 2 is 1.53 bits per heavy atom. The molecule has 0 saturated carbocycles. The molecule has 4 rings (SSSR count). The van der Waals surface area contributed by atoms with E-state index in [9.17, 15) is 16.8 Å². The molecular weight excluding hydrogens is 446 g/mol. The maximum absolute atomic E-state index is 13.4. The Bertz CT molecular complexity index is 1100. The normalized spacial score (nSPS) is 25.9. The molecule has 0 N–H and O–H groups in total. The highest BCUT2D eigenvalue weighted by atomic mass is 32.2. The number of hydrogen-bond donors (Lipinski definition) is 0. The third-order valence-electron chi connectivity index (χ3n) is 6.62. The molecule has 0 amide bonds. The molecular formula is C24H31NO5S2. The van der Waals surface area contributed by atoms with Crippen LogP contribution < -0.4 is 4.74 Å². The van der Waals surface area contributed by atoms with Crippen molar-refractivity contribution in [3.05, 3.63) is 65.7 Å². The van der Waals surface area contributed by atoms with Gasteiger partial charge < -0.3 is 4.74 Å². The number of benzene rings is 2. The fourth-order valence-electron chi connectivity index (χ4n) is 4.54. The minimum absolute atomic E-state index is 0.0431. The minimum Gasteiger partial charge on any atom is -0.493 e. The summed E-state index contributed by atoms with van der Waals surface area (Å²) in [6, 6.07) is 17.0. The molecule has 0 spiro atoms. The first-order chi connectivity index (χ1) is 15.2. The molecule has 2 aliphatic heterocycles. The standard InChI is InChI=1S/C24H31NO5S2/c1-19-7-12-24(22-5-3-2-4-6-22)32(28,29)25(19)17-20-8-10-23(11-9-20)30-18-21-13-15-31(26,27)16-14-21/h2-6,8-11,19,21,24H,7,12-18H2,1H3/t19-,24?/m0/s1. The van der Waals surface area contributed by atoms with Gasteiger partial charge in [0.25, 0.3) is 0 Å². The van der Waals surface area contributed by atoms with E-state index in [0.717, 1.165) is 23.3 Å². The average molecular weight is 478 g/mol. The number of hydrogen-bond acceptors (Lipinski definition) is 5. The predicted molar refractivity (Wildman–Crippen MR) is 126 cm³/mol. The zero-order valence-electron chi connectivity index (χ0n) is 18.4. The van der Waals surface area contributed by atoms with Crippen molar-refractivity contribution in [2.45, 2.75) is 50.4 Å². The monoisotopic (exact) mass is 477 g/mol. The van der Waals surface area contributed by atoms with E-state index in [1.807, 2.05) is 61.5 Å². The second kappa shape index (κ2) is 9.53. The molecule has 8 heteroatoms. The Balaban J connectivity index is 1.39. The van der Waals surface area contributed by atoms with Crippen LogP contribution in [0.3, 0.4) is 0 Å². The lowest BCUT2D eigenvalue weighted by atomic mass is 10.0. The van der Waals surface area contributed by atoms with Gasteiger partial charge in [-0.15, -0.1) is 0 Å². The number of nitrogens with zero attached hydrogens (tertiary/aromatic N) is 1. The lowest BCUT2D eigenvalue weighted by Crippen LogP contribution is -2.44. The van der Waals surface area contributed by atoms with E-state index in [2.05, 4.69) is 0 Å². The first-order valence-electron chi connectivity index (χ1n) is 11.2. The maximum Gasteiger partial charge on any atom is 0.221 e. The van der Waals surface area contributed by atoms with E-state index in [-0.39, 0.29) is 23.5 Å². The van der Waals surface area contributed by atoms with Gasteiger partial charge in [-0.2, -0.15) is 4.31 Å². The average Bonchev–Trinajstić information content (AvgIpc) is 2.77. The van der Waals surface area contributed by atoms with Crippen LogP contribution in [0.4, 0.5) is 0 Å². The second-order valence-corrected chi connectivity index (χ2v) is 13.3. The van der Waals surface area contributed by atoms with Crippen molar-refractivity contribution in [3.63, 3.8) is 0 Å². The molecule has 2 aliphatic rings. The molecule has 2 fully saturated rings. The highest BCUT2D eigenvalue weighted by molar-refractivity contribution is 7.91. The van der Waals surface area contributed by atoms with Crippen LogP contribution in [0.15, 0.2) is 54.6 Å². The summed E-state index contributed by atoms with van der Waals surface area (Å²) in [5.41, 5.74) is 1.77. The molecule has 1 unspecified atom stereocenters. The SMILES string of the molecule is C[C@H]1CCC(c2ccccc2)S(=O)(=O)N1Cc1ccc(OCC2CCS(=O)(=O)CC2)cc1. The topological polar surface area (TPSA) is 80.8 Å². The molecule has 0 aromatic heterocycles. The zero-order valence-corrected chi connectivity index (χ0v) is 20.0. The van der Waals surface area contributed by atoms with Crippen LogP contribution in [0, 0.1) is 5.92 Å². The maximum atomic E-state index is 13.4. The van der Waals surface area contributed by atoms with Gasteiger partial charge in [-0.05, 0) is 61.8 Å². The smallest absolute Gasteiger partial charge is 0.221 e. The number of ether oxygens (including phenoxy) is 1. The molecule has 2 heterocycles. The van der Waals surface area contributed by atoms with Gasteiger partial charge in [0.2, 0.25) is 10.0 Å². The van der Waals surface area contributed by atoms with Crippen LogP contribution >= 0.6 is 0 Å². The fraction of sp³-hybridized carbons (Fsp3) is 0.500. The summed E-state index contributed by atoms with van der Waals surface area (Å²) < 4.78 is 57.4. The molecule has 0 radical (unpaired) electrons. The molecule has 0 bridgehead atoms. The van der Waals surface area contributed by atoms with Gasteiger partial charge >= 0.3 is 0 Å². The first kappa shape index (κ1) is 23.3. The van der Waals surface area contributed by atoms with Gasteiger partial charge in [-0.3, -0.25) is 0 Å². The molecule has 0 aliphatic carbocycles. The largest absolute Gasteiger partial charge is 0.493 e. The molecule has 2 saturated heterocycles. The zero-order chi connectivity index (χ0) is 22.8. The van der Waals surface area contributed by atoms with Crippen LogP contribution in [-0.2, 0) is 26.4 Å². The summed E-state index contributed by atoms with van der Waals surface area (Å²) >= 11 is 0. The van der Waals surface area contributed by atoms with Crippen LogP contribution in [0.2, 0.25) is 0 Å². The van der Waals surface area contributed by atoms with Gasteiger partial charge in [-0.25, -0.2) is 16.8 Å². The Labute approximate surface area is 191 Å². The van der Waals surface area contributed by atoms with Gasteiger partial charge in [0.15, 0.2) is 0 Å². The van der Waals surface area contributed by atoms with E-state index in [1.165, 1.54) is 0 Å². The Kier molecular flexibility index (Phi) is 6.93. The lowest BCUT2D eigenvalue weighted by Gasteiger charge is -2.37. The van der Waals surface area contributed by atoms with Gasteiger partial charge in [-0.1, -0.05) is 42.5 Å². The van der Waals surface area contributed by atoms with Crippen molar-refractivity contribution in [3.8, 4) is 5.75 Å². The van der Waals surface area contributed by atoms with E-state index < -0.39 is 25.1 Å².